The van der Waals surface area contributed by atoms with Crippen molar-refractivity contribution in [2.75, 3.05) is 0 Å². The molecule has 0 aliphatic carbocycles. The summed E-state index contributed by atoms with van der Waals surface area (Å²) < 4.78 is 1.79. The van der Waals surface area contributed by atoms with Gasteiger partial charge in [0, 0.05) is 6.54 Å². The lowest BCUT2D eigenvalue weighted by molar-refractivity contribution is 0.728. The summed E-state index contributed by atoms with van der Waals surface area (Å²) in [7, 11) is 0. The lowest BCUT2D eigenvalue weighted by Crippen LogP contribution is -1.92. The van der Waals surface area contributed by atoms with E-state index in [1.54, 1.807) is 17.0 Å². The van der Waals surface area contributed by atoms with Gasteiger partial charge in [0.25, 0.3) is 0 Å². The van der Waals surface area contributed by atoms with Crippen LogP contribution in [0.2, 0.25) is 0 Å². The Balaban J connectivity index is 2.80. The molecule has 0 radical (unpaired) electrons. The van der Waals surface area contributed by atoms with Crippen molar-refractivity contribution in [2.24, 2.45) is 0 Å². The topological polar surface area (TPSA) is 30.7 Å². The van der Waals surface area contributed by atoms with E-state index in [-0.39, 0.29) is 0 Å². The van der Waals surface area contributed by atoms with E-state index >= 15 is 0 Å². The molecule has 0 aromatic carbocycles. The predicted octanol–water partition coefficient (Wildman–Crippen LogP) is 0.753. The molecule has 4 heteroatoms. The first-order chi connectivity index (χ1) is 4.34. The van der Waals surface area contributed by atoms with Gasteiger partial charge in [-0.15, -0.1) is 29.4 Å². The van der Waals surface area contributed by atoms with E-state index in [0.29, 0.717) is 11.7 Å². The van der Waals surface area contributed by atoms with Gasteiger partial charge in [0.05, 0.1) is 0 Å². The SMILES string of the molecule is C=CCn1cnnc1S. The summed E-state index contributed by atoms with van der Waals surface area (Å²) >= 11 is 4.02. The number of aromatic nitrogens is 3. The van der Waals surface area contributed by atoms with E-state index in [1.807, 2.05) is 0 Å². The number of allylic oxidation sites excluding steroid dienone is 1. The maximum atomic E-state index is 4.02. The minimum absolute atomic E-state index is 0.620. The standard InChI is InChI=1S/C5H7N3S/c1-2-3-8-4-6-7-5(8)9/h2,4H,1,3H2,(H,7,9). The van der Waals surface area contributed by atoms with Crippen LogP contribution >= 0.6 is 12.6 Å². The van der Waals surface area contributed by atoms with Crippen molar-refractivity contribution in [3.63, 3.8) is 0 Å². The molecule has 1 aromatic rings. The summed E-state index contributed by atoms with van der Waals surface area (Å²) in [6.07, 6.45) is 3.38. The van der Waals surface area contributed by atoms with Crippen molar-refractivity contribution >= 4 is 12.6 Å². The van der Waals surface area contributed by atoms with E-state index in [1.165, 1.54) is 0 Å². The van der Waals surface area contributed by atoms with E-state index < -0.39 is 0 Å². The van der Waals surface area contributed by atoms with E-state index in [0.717, 1.165) is 0 Å². The third-order valence-electron chi connectivity index (χ3n) is 0.921. The van der Waals surface area contributed by atoms with Crippen LogP contribution in [0.1, 0.15) is 0 Å². The van der Waals surface area contributed by atoms with Gasteiger partial charge in [-0.2, -0.15) is 0 Å². The van der Waals surface area contributed by atoms with Crippen molar-refractivity contribution in [1.82, 2.24) is 14.8 Å². The Bertz CT molecular complexity index is 206. The van der Waals surface area contributed by atoms with Gasteiger partial charge < -0.3 is 4.57 Å². The molecule has 0 spiro atoms. The second-order valence-corrected chi connectivity index (χ2v) is 1.97. The molecule has 0 amide bonds. The van der Waals surface area contributed by atoms with Gasteiger partial charge in [-0.25, -0.2) is 0 Å². The quantitative estimate of drug-likeness (QED) is 0.486. The van der Waals surface area contributed by atoms with E-state index in [2.05, 4.69) is 29.4 Å². The summed E-state index contributed by atoms with van der Waals surface area (Å²) in [6, 6.07) is 0. The highest BCUT2D eigenvalue weighted by Gasteiger charge is 1.92. The molecule has 0 saturated heterocycles. The fourth-order valence-corrected chi connectivity index (χ4v) is 0.702. The second kappa shape index (κ2) is 2.68. The Morgan fingerprint density at radius 1 is 1.89 bits per heavy atom. The maximum absolute atomic E-state index is 4.02. The number of thiol groups is 1. The number of hydrogen-bond donors (Lipinski definition) is 1. The molecule has 3 nitrogen and oxygen atoms in total. The van der Waals surface area contributed by atoms with Crippen LogP contribution in [0.4, 0.5) is 0 Å². The molecule has 9 heavy (non-hydrogen) atoms. The molecular weight excluding hydrogens is 134 g/mol. The molecule has 0 unspecified atom stereocenters. The molecular formula is C5H7N3S. The van der Waals surface area contributed by atoms with E-state index in [4.69, 9.17) is 0 Å². The minimum Gasteiger partial charge on any atom is -0.305 e. The number of rotatable bonds is 2. The Morgan fingerprint density at radius 2 is 2.67 bits per heavy atom. The van der Waals surface area contributed by atoms with Gasteiger partial charge in [-0.3, -0.25) is 0 Å². The highest BCUT2D eigenvalue weighted by Crippen LogP contribution is 1.98. The molecule has 48 valence electrons. The van der Waals surface area contributed by atoms with Crippen LogP contribution < -0.4 is 0 Å². The summed E-state index contributed by atoms with van der Waals surface area (Å²) in [4.78, 5) is 0. The molecule has 1 heterocycles. The first-order valence-corrected chi connectivity index (χ1v) is 2.97. The fraction of sp³-hybridized carbons (Fsp3) is 0.200. The average Bonchev–Trinajstić information content (AvgIpc) is 2.18. The van der Waals surface area contributed by atoms with Gasteiger partial charge in [-0.05, 0) is 0 Å². The molecule has 0 fully saturated rings. The molecule has 1 rings (SSSR count). The Morgan fingerprint density at radius 3 is 3.11 bits per heavy atom. The number of nitrogens with zero attached hydrogens (tertiary/aromatic N) is 3. The molecule has 0 atom stereocenters. The summed E-state index contributed by atoms with van der Waals surface area (Å²) in [5.41, 5.74) is 0. The molecule has 0 aliphatic rings. The molecule has 0 saturated carbocycles. The third kappa shape index (κ3) is 1.32. The molecule has 0 aliphatic heterocycles. The van der Waals surface area contributed by atoms with Crippen LogP contribution in [0.15, 0.2) is 24.1 Å². The second-order valence-electron chi connectivity index (χ2n) is 1.57. The van der Waals surface area contributed by atoms with Gasteiger partial charge in [-0.1, -0.05) is 6.08 Å². The van der Waals surface area contributed by atoms with Crippen LogP contribution in [0.5, 0.6) is 0 Å². The van der Waals surface area contributed by atoms with Crippen LogP contribution in [-0.2, 0) is 6.54 Å². The monoisotopic (exact) mass is 141 g/mol. The fourth-order valence-electron chi connectivity index (χ4n) is 0.517. The van der Waals surface area contributed by atoms with Gasteiger partial charge in [0.1, 0.15) is 6.33 Å². The highest BCUT2D eigenvalue weighted by molar-refractivity contribution is 7.80. The first-order valence-electron chi connectivity index (χ1n) is 2.52. The summed E-state index contributed by atoms with van der Waals surface area (Å²) in [5, 5.41) is 7.91. The lowest BCUT2D eigenvalue weighted by atomic mass is 10.6. The van der Waals surface area contributed by atoms with Crippen LogP contribution in [0.25, 0.3) is 0 Å². The Kier molecular flexibility index (Phi) is 1.89. The van der Waals surface area contributed by atoms with Crippen LogP contribution in [0, 0.1) is 0 Å². The van der Waals surface area contributed by atoms with Crippen molar-refractivity contribution in [2.45, 2.75) is 11.7 Å². The number of hydrogen-bond acceptors (Lipinski definition) is 3. The van der Waals surface area contributed by atoms with Gasteiger partial charge >= 0.3 is 0 Å². The summed E-state index contributed by atoms with van der Waals surface area (Å²) in [5.74, 6) is 0. The normalized spacial score (nSPS) is 9.44. The first kappa shape index (κ1) is 6.35. The van der Waals surface area contributed by atoms with Crippen LogP contribution in [0.3, 0.4) is 0 Å². The third-order valence-corrected chi connectivity index (χ3v) is 1.27. The minimum atomic E-state index is 0.620. The van der Waals surface area contributed by atoms with Crippen molar-refractivity contribution in [1.29, 1.82) is 0 Å². The van der Waals surface area contributed by atoms with Crippen molar-refractivity contribution in [3.8, 4) is 0 Å². The smallest absolute Gasteiger partial charge is 0.188 e. The zero-order valence-electron chi connectivity index (χ0n) is 4.86. The van der Waals surface area contributed by atoms with Crippen LogP contribution in [-0.4, -0.2) is 14.8 Å². The summed E-state index contributed by atoms with van der Waals surface area (Å²) in [6.45, 7) is 4.28. The Hall–Kier alpha value is -0.770. The molecule has 0 bridgehead atoms. The Labute approximate surface area is 58.8 Å². The molecule has 0 N–H and O–H groups in total. The maximum Gasteiger partial charge on any atom is 0.188 e. The van der Waals surface area contributed by atoms with Crippen molar-refractivity contribution in [3.05, 3.63) is 19.0 Å². The highest BCUT2D eigenvalue weighted by atomic mass is 32.1. The van der Waals surface area contributed by atoms with Crippen molar-refractivity contribution < 1.29 is 0 Å². The zero-order valence-corrected chi connectivity index (χ0v) is 5.75. The largest absolute Gasteiger partial charge is 0.305 e. The average molecular weight is 141 g/mol. The lowest BCUT2D eigenvalue weighted by Gasteiger charge is -1.93. The predicted molar refractivity (Wildman–Crippen MR) is 37.5 cm³/mol. The zero-order chi connectivity index (χ0) is 6.69. The van der Waals surface area contributed by atoms with Gasteiger partial charge in [0.2, 0.25) is 0 Å². The molecule has 1 aromatic heterocycles. The van der Waals surface area contributed by atoms with E-state index in [9.17, 15) is 0 Å². The van der Waals surface area contributed by atoms with Gasteiger partial charge in [0.15, 0.2) is 5.16 Å².